The second-order valence-electron chi connectivity index (χ2n) is 5.39. The molecule has 1 N–H and O–H groups in total. The van der Waals surface area contributed by atoms with E-state index < -0.39 is 0 Å². The zero-order valence-corrected chi connectivity index (χ0v) is 13.1. The summed E-state index contributed by atoms with van der Waals surface area (Å²) < 4.78 is 1.28. The van der Waals surface area contributed by atoms with Crippen LogP contribution in [0.5, 0.6) is 0 Å². The fourth-order valence-electron chi connectivity index (χ4n) is 2.18. The average Bonchev–Trinajstić information content (AvgIpc) is 2.59. The molecule has 3 aromatic rings. The van der Waals surface area contributed by atoms with Crippen LogP contribution in [0.4, 0.5) is 5.69 Å². The zero-order chi connectivity index (χ0) is 16.9. The third-order valence-corrected chi connectivity index (χ3v) is 3.49. The van der Waals surface area contributed by atoms with Gasteiger partial charge >= 0.3 is 0 Å². The molecule has 0 aliphatic heterocycles. The van der Waals surface area contributed by atoms with Crippen molar-refractivity contribution in [1.82, 2.24) is 14.8 Å². The molecule has 3 rings (SSSR count). The SMILES string of the molecule is Cc1ccc(Cn2nc(C(=O)Nc3ccncc3)ccc2=O)cc1. The summed E-state index contributed by atoms with van der Waals surface area (Å²) in [5, 5.41) is 6.88. The van der Waals surface area contributed by atoms with Crippen molar-refractivity contribution in [3.8, 4) is 0 Å². The van der Waals surface area contributed by atoms with Gasteiger partial charge in [-0.05, 0) is 30.7 Å². The largest absolute Gasteiger partial charge is 0.320 e. The normalized spacial score (nSPS) is 10.4. The van der Waals surface area contributed by atoms with Gasteiger partial charge in [-0.25, -0.2) is 4.68 Å². The van der Waals surface area contributed by atoms with E-state index in [0.717, 1.165) is 11.1 Å². The number of benzene rings is 1. The second kappa shape index (κ2) is 6.87. The molecule has 1 aromatic carbocycles. The average molecular weight is 320 g/mol. The van der Waals surface area contributed by atoms with Gasteiger partial charge in [0, 0.05) is 24.1 Å². The molecule has 0 aliphatic carbocycles. The molecule has 0 saturated carbocycles. The summed E-state index contributed by atoms with van der Waals surface area (Å²) >= 11 is 0. The molecule has 6 nitrogen and oxygen atoms in total. The van der Waals surface area contributed by atoms with E-state index >= 15 is 0 Å². The lowest BCUT2D eigenvalue weighted by Gasteiger charge is -2.08. The number of carbonyl (C=O) groups excluding carboxylic acids is 1. The van der Waals surface area contributed by atoms with Gasteiger partial charge in [0.05, 0.1) is 6.54 Å². The Morgan fingerprint density at radius 2 is 1.75 bits per heavy atom. The summed E-state index contributed by atoms with van der Waals surface area (Å²) in [5.74, 6) is -0.376. The number of rotatable bonds is 4. The summed E-state index contributed by atoms with van der Waals surface area (Å²) in [7, 11) is 0. The highest BCUT2D eigenvalue weighted by atomic mass is 16.2. The topological polar surface area (TPSA) is 76.9 Å². The number of amides is 1. The number of nitrogens with one attached hydrogen (secondary N) is 1. The Morgan fingerprint density at radius 3 is 2.46 bits per heavy atom. The smallest absolute Gasteiger partial charge is 0.276 e. The van der Waals surface area contributed by atoms with E-state index in [-0.39, 0.29) is 17.2 Å². The van der Waals surface area contributed by atoms with Crippen LogP contribution in [-0.4, -0.2) is 20.7 Å². The maximum atomic E-state index is 12.3. The standard InChI is InChI=1S/C18H16N4O2/c1-13-2-4-14(5-3-13)12-22-17(23)7-6-16(21-22)18(24)20-15-8-10-19-11-9-15/h2-11H,12H2,1H3,(H,19,20,24). The minimum Gasteiger partial charge on any atom is -0.320 e. The van der Waals surface area contributed by atoms with Gasteiger partial charge in [-0.15, -0.1) is 0 Å². The van der Waals surface area contributed by atoms with Crippen LogP contribution in [0.2, 0.25) is 0 Å². The molecular weight excluding hydrogens is 304 g/mol. The number of aromatic nitrogens is 3. The van der Waals surface area contributed by atoms with E-state index in [1.165, 1.54) is 16.8 Å². The van der Waals surface area contributed by atoms with Gasteiger partial charge in [0.25, 0.3) is 11.5 Å². The third-order valence-electron chi connectivity index (χ3n) is 3.49. The molecule has 6 heteroatoms. The first kappa shape index (κ1) is 15.6. The van der Waals surface area contributed by atoms with E-state index in [4.69, 9.17) is 0 Å². The number of anilines is 1. The summed E-state index contributed by atoms with van der Waals surface area (Å²) in [4.78, 5) is 28.1. The maximum Gasteiger partial charge on any atom is 0.276 e. The number of hydrogen-bond acceptors (Lipinski definition) is 4. The van der Waals surface area contributed by atoms with Crippen LogP contribution in [0.1, 0.15) is 21.6 Å². The van der Waals surface area contributed by atoms with E-state index in [9.17, 15) is 9.59 Å². The molecule has 2 heterocycles. The van der Waals surface area contributed by atoms with Gasteiger partial charge in [0.1, 0.15) is 5.69 Å². The van der Waals surface area contributed by atoms with Gasteiger partial charge in [-0.3, -0.25) is 14.6 Å². The first-order valence-corrected chi connectivity index (χ1v) is 7.47. The first-order chi connectivity index (χ1) is 11.6. The lowest BCUT2D eigenvalue weighted by molar-refractivity contribution is 0.102. The fraction of sp³-hybridized carbons (Fsp3) is 0.111. The van der Waals surface area contributed by atoms with Crippen LogP contribution in [0.3, 0.4) is 0 Å². The molecule has 0 spiro atoms. The van der Waals surface area contributed by atoms with Crippen molar-refractivity contribution in [2.24, 2.45) is 0 Å². The van der Waals surface area contributed by atoms with Crippen molar-refractivity contribution in [1.29, 1.82) is 0 Å². The molecule has 1 amide bonds. The van der Waals surface area contributed by atoms with Crippen LogP contribution >= 0.6 is 0 Å². The lowest BCUT2D eigenvalue weighted by Crippen LogP contribution is -2.26. The molecular formula is C18H16N4O2. The molecule has 0 aliphatic rings. The quantitative estimate of drug-likeness (QED) is 0.800. The van der Waals surface area contributed by atoms with Crippen LogP contribution < -0.4 is 10.9 Å². The molecule has 0 bridgehead atoms. The summed E-state index contributed by atoms with van der Waals surface area (Å²) in [6, 6.07) is 14.0. The minimum absolute atomic E-state index is 0.179. The van der Waals surface area contributed by atoms with E-state index in [2.05, 4.69) is 15.4 Å². The minimum atomic E-state index is -0.376. The van der Waals surface area contributed by atoms with Gasteiger partial charge in [0.15, 0.2) is 0 Å². The number of pyridine rings is 1. The van der Waals surface area contributed by atoms with E-state index in [0.29, 0.717) is 12.2 Å². The fourth-order valence-corrected chi connectivity index (χ4v) is 2.18. The second-order valence-corrected chi connectivity index (χ2v) is 5.39. The molecule has 0 unspecified atom stereocenters. The van der Waals surface area contributed by atoms with Crippen molar-refractivity contribution in [2.75, 3.05) is 5.32 Å². The Bertz CT molecular complexity index is 902. The van der Waals surface area contributed by atoms with Gasteiger partial charge in [-0.1, -0.05) is 29.8 Å². The highest BCUT2D eigenvalue weighted by molar-refractivity contribution is 6.02. The maximum absolute atomic E-state index is 12.3. The molecule has 0 saturated heterocycles. The highest BCUT2D eigenvalue weighted by Crippen LogP contribution is 2.07. The predicted molar refractivity (Wildman–Crippen MR) is 91.0 cm³/mol. The zero-order valence-electron chi connectivity index (χ0n) is 13.1. The van der Waals surface area contributed by atoms with Crippen molar-refractivity contribution in [3.05, 3.63) is 88.1 Å². The van der Waals surface area contributed by atoms with Gasteiger partial charge in [0.2, 0.25) is 0 Å². The third kappa shape index (κ3) is 3.73. The summed E-state index contributed by atoms with van der Waals surface area (Å²) in [6.07, 6.45) is 3.17. The molecule has 0 atom stereocenters. The first-order valence-electron chi connectivity index (χ1n) is 7.47. The van der Waals surface area contributed by atoms with Gasteiger partial charge < -0.3 is 5.32 Å². The Kier molecular flexibility index (Phi) is 4.47. The molecule has 0 radical (unpaired) electrons. The van der Waals surface area contributed by atoms with Crippen molar-refractivity contribution < 1.29 is 4.79 Å². The molecule has 24 heavy (non-hydrogen) atoms. The number of hydrogen-bond donors (Lipinski definition) is 1. The summed E-state index contributed by atoms with van der Waals surface area (Å²) in [5.41, 5.74) is 2.63. The van der Waals surface area contributed by atoms with Crippen LogP contribution in [0.15, 0.2) is 65.7 Å². The summed E-state index contributed by atoms with van der Waals surface area (Å²) in [6.45, 7) is 2.31. The lowest BCUT2D eigenvalue weighted by atomic mass is 10.1. The van der Waals surface area contributed by atoms with Gasteiger partial charge in [-0.2, -0.15) is 5.10 Å². The van der Waals surface area contributed by atoms with Crippen LogP contribution in [0, 0.1) is 6.92 Å². The monoisotopic (exact) mass is 320 g/mol. The molecule has 0 fully saturated rings. The Balaban J connectivity index is 1.81. The van der Waals surface area contributed by atoms with Crippen molar-refractivity contribution in [3.63, 3.8) is 0 Å². The number of aryl methyl sites for hydroxylation is 1. The number of carbonyl (C=O) groups is 1. The Labute approximate surface area is 138 Å². The Morgan fingerprint density at radius 1 is 1.04 bits per heavy atom. The Hall–Kier alpha value is -3.28. The van der Waals surface area contributed by atoms with E-state index in [1.54, 1.807) is 24.5 Å². The van der Waals surface area contributed by atoms with Crippen LogP contribution in [0.25, 0.3) is 0 Å². The van der Waals surface area contributed by atoms with Crippen molar-refractivity contribution in [2.45, 2.75) is 13.5 Å². The highest BCUT2D eigenvalue weighted by Gasteiger charge is 2.10. The molecule has 2 aromatic heterocycles. The predicted octanol–water partition coefficient (Wildman–Crippen LogP) is 2.25. The van der Waals surface area contributed by atoms with Crippen molar-refractivity contribution >= 4 is 11.6 Å². The number of nitrogens with zero attached hydrogens (tertiary/aromatic N) is 3. The molecule has 120 valence electrons. The van der Waals surface area contributed by atoms with Crippen LogP contribution in [-0.2, 0) is 6.54 Å². The van der Waals surface area contributed by atoms with E-state index in [1.807, 2.05) is 31.2 Å².